The SMILES string of the molecule is O=C1O[C@@H]([C@@H](O)CO)[C@@H]2C[C@H](c3c(O)ccc(Cl)c3Cl)CN12. The van der Waals surface area contributed by atoms with Crippen molar-refractivity contribution < 1.29 is 24.9 Å². The number of halogens is 2. The van der Waals surface area contributed by atoms with Gasteiger partial charge < -0.3 is 25.0 Å². The van der Waals surface area contributed by atoms with E-state index in [2.05, 4.69) is 0 Å². The molecule has 8 heteroatoms. The van der Waals surface area contributed by atoms with E-state index in [4.69, 9.17) is 33.0 Å². The van der Waals surface area contributed by atoms with Gasteiger partial charge in [0.2, 0.25) is 0 Å². The molecule has 0 spiro atoms. The molecule has 1 amide bonds. The van der Waals surface area contributed by atoms with Gasteiger partial charge in [0.15, 0.2) is 6.10 Å². The average molecular weight is 348 g/mol. The highest BCUT2D eigenvalue weighted by Gasteiger charge is 2.51. The van der Waals surface area contributed by atoms with Crippen molar-refractivity contribution in [1.82, 2.24) is 4.90 Å². The van der Waals surface area contributed by atoms with Gasteiger partial charge in [-0.2, -0.15) is 0 Å². The summed E-state index contributed by atoms with van der Waals surface area (Å²) in [6.45, 7) is -0.179. The molecule has 0 unspecified atom stereocenters. The van der Waals surface area contributed by atoms with Gasteiger partial charge in [0, 0.05) is 18.0 Å². The Hall–Kier alpha value is -1.21. The number of benzene rings is 1. The first kappa shape index (κ1) is 15.7. The summed E-state index contributed by atoms with van der Waals surface area (Å²) >= 11 is 12.2. The van der Waals surface area contributed by atoms with Gasteiger partial charge in [0.25, 0.3) is 0 Å². The number of carbonyl (C=O) groups is 1. The normalized spacial score (nSPS) is 28.6. The highest BCUT2D eigenvalue weighted by atomic mass is 35.5. The molecule has 0 aromatic heterocycles. The summed E-state index contributed by atoms with van der Waals surface area (Å²) in [5.41, 5.74) is 0.494. The van der Waals surface area contributed by atoms with Crippen molar-refractivity contribution in [3.63, 3.8) is 0 Å². The number of amides is 1. The van der Waals surface area contributed by atoms with Crippen LogP contribution in [0.15, 0.2) is 12.1 Å². The first-order valence-electron chi connectivity index (χ1n) is 6.87. The molecule has 2 aliphatic rings. The fourth-order valence-corrected chi connectivity index (χ4v) is 3.72. The predicted molar refractivity (Wildman–Crippen MR) is 79.3 cm³/mol. The van der Waals surface area contributed by atoms with Crippen LogP contribution < -0.4 is 0 Å². The van der Waals surface area contributed by atoms with Crippen LogP contribution in [-0.4, -0.2) is 57.7 Å². The maximum absolute atomic E-state index is 11.9. The monoisotopic (exact) mass is 347 g/mol. The van der Waals surface area contributed by atoms with Gasteiger partial charge in [-0.1, -0.05) is 23.2 Å². The van der Waals surface area contributed by atoms with Crippen molar-refractivity contribution in [3.05, 3.63) is 27.7 Å². The largest absolute Gasteiger partial charge is 0.508 e. The Bertz CT molecular complexity index is 611. The van der Waals surface area contributed by atoms with Crippen LogP contribution in [0.3, 0.4) is 0 Å². The predicted octanol–water partition coefficient (Wildman–Crippen LogP) is 1.73. The van der Waals surface area contributed by atoms with Crippen molar-refractivity contribution in [2.75, 3.05) is 13.2 Å². The summed E-state index contributed by atoms with van der Waals surface area (Å²) in [6, 6.07) is 2.60. The molecule has 0 aliphatic carbocycles. The summed E-state index contributed by atoms with van der Waals surface area (Å²) in [4.78, 5) is 13.4. The van der Waals surface area contributed by atoms with E-state index in [1.807, 2.05) is 0 Å². The maximum Gasteiger partial charge on any atom is 0.410 e. The number of nitrogens with zero attached hydrogens (tertiary/aromatic N) is 1. The second-order valence-corrected chi connectivity index (χ2v) is 6.33. The zero-order chi connectivity index (χ0) is 16.0. The molecular weight excluding hydrogens is 333 g/mol. The van der Waals surface area contributed by atoms with Crippen molar-refractivity contribution in [2.24, 2.45) is 0 Å². The molecular formula is C14H15Cl2NO5. The number of hydrogen-bond donors (Lipinski definition) is 3. The van der Waals surface area contributed by atoms with E-state index in [0.717, 1.165) is 0 Å². The molecule has 2 heterocycles. The van der Waals surface area contributed by atoms with Crippen LogP contribution in [0.25, 0.3) is 0 Å². The minimum absolute atomic E-state index is 0.0215. The summed E-state index contributed by atoms with van der Waals surface area (Å²) in [5.74, 6) is -0.189. The van der Waals surface area contributed by atoms with Crippen molar-refractivity contribution in [3.8, 4) is 5.75 Å². The second kappa shape index (κ2) is 5.77. The zero-order valence-electron chi connectivity index (χ0n) is 11.4. The van der Waals surface area contributed by atoms with E-state index in [9.17, 15) is 15.0 Å². The number of cyclic esters (lactones) is 1. The lowest BCUT2D eigenvalue weighted by molar-refractivity contribution is -0.0135. The Labute approximate surface area is 136 Å². The number of rotatable bonds is 3. The van der Waals surface area contributed by atoms with E-state index >= 15 is 0 Å². The molecule has 1 aromatic carbocycles. The molecule has 2 saturated heterocycles. The zero-order valence-corrected chi connectivity index (χ0v) is 13.0. The number of hydrogen-bond acceptors (Lipinski definition) is 5. The van der Waals surface area contributed by atoms with Crippen molar-refractivity contribution in [1.29, 1.82) is 0 Å². The molecule has 2 aliphatic heterocycles. The highest BCUT2D eigenvalue weighted by molar-refractivity contribution is 6.42. The standard InChI is InChI=1S/C14H15Cl2NO5/c15-7-1-2-9(19)11(12(7)16)6-3-8-13(10(20)5-18)22-14(21)17(8)4-6/h1-2,6,8,10,13,18-20H,3-5H2/t6-,8-,10-,13+/m0/s1. The third-order valence-electron chi connectivity index (χ3n) is 4.28. The molecule has 0 radical (unpaired) electrons. The third kappa shape index (κ3) is 2.40. The Morgan fingerprint density at radius 1 is 1.41 bits per heavy atom. The van der Waals surface area contributed by atoms with Crippen LogP contribution in [-0.2, 0) is 4.74 Å². The molecule has 2 fully saturated rings. The van der Waals surface area contributed by atoms with E-state index < -0.39 is 24.9 Å². The van der Waals surface area contributed by atoms with Crippen molar-refractivity contribution in [2.45, 2.75) is 30.6 Å². The first-order chi connectivity index (χ1) is 10.4. The lowest BCUT2D eigenvalue weighted by atomic mass is 9.92. The van der Waals surface area contributed by atoms with Gasteiger partial charge in [-0.15, -0.1) is 0 Å². The van der Waals surface area contributed by atoms with Crippen LogP contribution in [0.5, 0.6) is 5.75 Å². The minimum Gasteiger partial charge on any atom is -0.508 e. The van der Waals surface area contributed by atoms with Crippen LogP contribution in [0.4, 0.5) is 4.79 Å². The molecule has 22 heavy (non-hydrogen) atoms. The van der Waals surface area contributed by atoms with E-state index in [0.29, 0.717) is 23.6 Å². The number of aromatic hydroxyl groups is 1. The first-order valence-corrected chi connectivity index (χ1v) is 7.62. The Morgan fingerprint density at radius 3 is 2.82 bits per heavy atom. The van der Waals surface area contributed by atoms with Crippen LogP contribution in [0, 0.1) is 0 Å². The van der Waals surface area contributed by atoms with Crippen LogP contribution in [0.2, 0.25) is 10.0 Å². The molecule has 120 valence electrons. The molecule has 3 rings (SSSR count). The lowest BCUT2D eigenvalue weighted by Crippen LogP contribution is -2.39. The fraction of sp³-hybridized carbons (Fsp3) is 0.500. The smallest absolute Gasteiger partial charge is 0.410 e. The summed E-state index contributed by atoms with van der Waals surface area (Å²) in [5, 5.41) is 29.5. The number of aliphatic hydroxyl groups excluding tert-OH is 2. The lowest BCUT2D eigenvalue weighted by Gasteiger charge is -2.20. The Kier molecular flexibility index (Phi) is 4.11. The van der Waals surface area contributed by atoms with E-state index in [1.165, 1.54) is 17.0 Å². The van der Waals surface area contributed by atoms with Gasteiger partial charge in [-0.05, 0) is 18.6 Å². The Balaban J connectivity index is 1.89. The molecule has 0 bridgehead atoms. The summed E-state index contributed by atoms with van der Waals surface area (Å²) < 4.78 is 5.10. The minimum atomic E-state index is -1.14. The van der Waals surface area contributed by atoms with Gasteiger partial charge in [-0.3, -0.25) is 0 Å². The second-order valence-electron chi connectivity index (χ2n) is 5.54. The van der Waals surface area contributed by atoms with Crippen LogP contribution >= 0.6 is 23.2 Å². The number of phenols is 1. The number of carbonyl (C=O) groups excluding carboxylic acids is 1. The molecule has 4 atom stereocenters. The highest BCUT2D eigenvalue weighted by Crippen LogP contribution is 2.45. The average Bonchev–Trinajstić information content (AvgIpc) is 3.04. The summed E-state index contributed by atoms with van der Waals surface area (Å²) in [6.07, 6.45) is -2.01. The molecule has 3 N–H and O–H groups in total. The summed E-state index contributed by atoms with van der Waals surface area (Å²) in [7, 11) is 0. The third-order valence-corrected chi connectivity index (χ3v) is 5.10. The number of fused-ring (bicyclic) bond motifs is 1. The van der Waals surface area contributed by atoms with Gasteiger partial charge >= 0.3 is 6.09 Å². The van der Waals surface area contributed by atoms with Crippen molar-refractivity contribution >= 4 is 29.3 Å². The van der Waals surface area contributed by atoms with Gasteiger partial charge in [0.1, 0.15) is 11.9 Å². The van der Waals surface area contributed by atoms with Crippen LogP contribution in [0.1, 0.15) is 17.9 Å². The quantitative estimate of drug-likeness (QED) is 0.774. The van der Waals surface area contributed by atoms with E-state index in [-0.39, 0.29) is 22.7 Å². The number of phenolic OH excluding ortho intramolecular Hbond substituents is 1. The maximum atomic E-state index is 11.9. The number of ether oxygens (including phenoxy) is 1. The molecule has 6 nitrogen and oxygen atoms in total. The van der Waals surface area contributed by atoms with Gasteiger partial charge in [0.05, 0.1) is 22.7 Å². The molecule has 0 saturated carbocycles. The van der Waals surface area contributed by atoms with Gasteiger partial charge in [-0.25, -0.2) is 4.79 Å². The Morgan fingerprint density at radius 2 is 2.14 bits per heavy atom. The molecule has 1 aromatic rings. The number of aliphatic hydroxyl groups is 2. The topological polar surface area (TPSA) is 90.2 Å². The van der Waals surface area contributed by atoms with E-state index in [1.54, 1.807) is 0 Å². The fourth-order valence-electron chi connectivity index (χ4n) is 3.24.